The molecule has 0 aliphatic carbocycles. The number of nitrogens with two attached hydrogens (primary N) is 1. The third kappa shape index (κ3) is 2.18. The Balaban J connectivity index is 2.97. The van der Waals surface area contributed by atoms with Crippen LogP contribution in [-0.4, -0.2) is 0 Å². The van der Waals surface area contributed by atoms with E-state index in [1.54, 1.807) is 18.2 Å². The van der Waals surface area contributed by atoms with Crippen molar-refractivity contribution >= 4 is 0 Å². The quantitative estimate of drug-likeness (QED) is 0.743. The average Bonchev–Trinajstić information content (AvgIpc) is 2.18. The summed E-state index contributed by atoms with van der Waals surface area (Å²) < 4.78 is 13.1. The first-order valence-electron chi connectivity index (χ1n) is 4.25. The number of hydrogen-bond acceptors (Lipinski definition) is 2. The molecule has 0 aliphatic heterocycles. The molecule has 0 heterocycles. The topological polar surface area (TPSA) is 49.8 Å². The molecule has 0 saturated carbocycles. The molecule has 0 amide bonds. The predicted molar refractivity (Wildman–Crippen MR) is 52.9 cm³/mol. The first kappa shape index (κ1) is 10.4. The normalized spacial score (nSPS) is 11.8. The largest absolute Gasteiger partial charge is 0.324 e. The van der Waals surface area contributed by atoms with Crippen LogP contribution in [0.3, 0.4) is 0 Å². The van der Waals surface area contributed by atoms with Crippen molar-refractivity contribution < 1.29 is 4.39 Å². The van der Waals surface area contributed by atoms with E-state index in [1.807, 2.05) is 0 Å². The highest BCUT2D eigenvalue weighted by Crippen LogP contribution is 2.17. The monoisotopic (exact) mass is 190 g/mol. The maximum absolute atomic E-state index is 13.1. The van der Waals surface area contributed by atoms with Crippen LogP contribution in [0, 0.1) is 17.1 Å². The lowest BCUT2D eigenvalue weighted by Gasteiger charge is -2.09. The van der Waals surface area contributed by atoms with Crippen molar-refractivity contribution in [2.75, 3.05) is 0 Å². The molecule has 1 atom stereocenters. The third-order valence-electron chi connectivity index (χ3n) is 1.96. The van der Waals surface area contributed by atoms with Crippen LogP contribution in [0.1, 0.15) is 23.6 Å². The lowest BCUT2D eigenvalue weighted by atomic mass is 10.0. The van der Waals surface area contributed by atoms with Crippen molar-refractivity contribution in [1.29, 1.82) is 5.26 Å². The predicted octanol–water partition coefficient (Wildman–Crippen LogP) is 2.27. The Morgan fingerprint density at radius 1 is 1.64 bits per heavy atom. The highest BCUT2D eigenvalue weighted by molar-refractivity contribution is 5.34. The molecule has 1 rings (SSSR count). The van der Waals surface area contributed by atoms with Gasteiger partial charge < -0.3 is 5.73 Å². The Hall–Kier alpha value is -1.66. The van der Waals surface area contributed by atoms with Crippen molar-refractivity contribution in [3.63, 3.8) is 0 Å². The summed E-state index contributed by atoms with van der Waals surface area (Å²) in [4.78, 5) is 0. The zero-order chi connectivity index (χ0) is 10.6. The highest BCUT2D eigenvalue weighted by Gasteiger charge is 2.07. The van der Waals surface area contributed by atoms with E-state index in [4.69, 9.17) is 11.0 Å². The fourth-order valence-corrected chi connectivity index (χ4v) is 1.17. The zero-order valence-electron chi connectivity index (χ0n) is 7.70. The van der Waals surface area contributed by atoms with Gasteiger partial charge in [0.05, 0.1) is 5.56 Å². The molecule has 14 heavy (non-hydrogen) atoms. The maximum atomic E-state index is 13.1. The lowest BCUT2D eigenvalue weighted by molar-refractivity contribution is 0.616. The molecule has 1 aromatic rings. The Kier molecular flexibility index (Phi) is 3.38. The molecule has 3 heteroatoms. The maximum Gasteiger partial charge on any atom is 0.141 e. The summed E-state index contributed by atoms with van der Waals surface area (Å²) >= 11 is 0. The summed E-state index contributed by atoms with van der Waals surface area (Å²) in [6, 6.07) is 5.90. The van der Waals surface area contributed by atoms with Crippen molar-refractivity contribution in [3.05, 3.63) is 47.8 Å². The van der Waals surface area contributed by atoms with Crippen LogP contribution in [0.5, 0.6) is 0 Å². The first-order chi connectivity index (χ1) is 6.69. The van der Waals surface area contributed by atoms with E-state index in [0.29, 0.717) is 12.0 Å². The number of halogens is 1. The van der Waals surface area contributed by atoms with E-state index in [2.05, 4.69) is 6.58 Å². The Morgan fingerprint density at radius 2 is 2.36 bits per heavy atom. The molecular formula is C11H11FN2. The molecule has 0 aromatic heterocycles. The van der Waals surface area contributed by atoms with Gasteiger partial charge in [-0.2, -0.15) is 5.26 Å². The molecule has 0 spiro atoms. The molecule has 0 unspecified atom stereocenters. The fraction of sp³-hybridized carbons (Fsp3) is 0.182. The van der Waals surface area contributed by atoms with Gasteiger partial charge in [0.2, 0.25) is 0 Å². The molecule has 0 fully saturated rings. The van der Waals surface area contributed by atoms with Crippen LogP contribution in [0.25, 0.3) is 0 Å². The highest BCUT2D eigenvalue weighted by atomic mass is 19.1. The number of nitriles is 1. The lowest BCUT2D eigenvalue weighted by Crippen LogP contribution is -2.09. The van der Waals surface area contributed by atoms with E-state index in [1.165, 1.54) is 12.1 Å². The van der Waals surface area contributed by atoms with Gasteiger partial charge in [0, 0.05) is 6.04 Å². The van der Waals surface area contributed by atoms with Gasteiger partial charge in [0.25, 0.3) is 0 Å². The molecule has 2 nitrogen and oxygen atoms in total. The zero-order valence-corrected chi connectivity index (χ0v) is 7.70. The SMILES string of the molecule is C=CC[C@@H](N)c1ccc(C#N)c(F)c1. The summed E-state index contributed by atoms with van der Waals surface area (Å²) in [5, 5.41) is 8.51. The van der Waals surface area contributed by atoms with Gasteiger partial charge in [0.15, 0.2) is 0 Å². The first-order valence-corrected chi connectivity index (χ1v) is 4.25. The summed E-state index contributed by atoms with van der Waals surface area (Å²) in [7, 11) is 0. The van der Waals surface area contributed by atoms with Crippen LogP contribution >= 0.6 is 0 Å². The number of rotatable bonds is 3. The van der Waals surface area contributed by atoms with Gasteiger partial charge in [-0.05, 0) is 24.1 Å². The minimum atomic E-state index is -0.524. The van der Waals surface area contributed by atoms with E-state index in [9.17, 15) is 4.39 Å². The van der Waals surface area contributed by atoms with E-state index < -0.39 is 5.82 Å². The summed E-state index contributed by atoms with van der Waals surface area (Å²) in [5.74, 6) is -0.524. The summed E-state index contributed by atoms with van der Waals surface area (Å²) in [6.45, 7) is 3.56. The average molecular weight is 190 g/mol. The summed E-state index contributed by atoms with van der Waals surface area (Å²) in [5.41, 5.74) is 6.47. The standard InChI is InChI=1S/C11H11FN2/c1-2-3-11(14)8-4-5-9(7-13)10(12)6-8/h2,4-6,11H,1,3,14H2/t11-/m1/s1. The minimum Gasteiger partial charge on any atom is -0.324 e. The van der Waals surface area contributed by atoms with Gasteiger partial charge in [-0.3, -0.25) is 0 Å². The second-order valence-corrected chi connectivity index (χ2v) is 2.98. The third-order valence-corrected chi connectivity index (χ3v) is 1.96. The van der Waals surface area contributed by atoms with Gasteiger partial charge >= 0.3 is 0 Å². The van der Waals surface area contributed by atoms with Crippen molar-refractivity contribution in [2.24, 2.45) is 5.73 Å². The second-order valence-electron chi connectivity index (χ2n) is 2.98. The molecule has 0 bridgehead atoms. The van der Waals surface area contributed by atoms with Crippen LogP contribution in [0.2, 0.25) is 0 Å². The number of benzene rings is 1. The molecule has 0 saturated heterocycles. The molecular weight excluding hydrogens is 179 g/mol. The van der Waals surface area contributed by atoms with Crippen LogP contribution in [0.15, 0.2) is 30.9 Å². The Bertz CT molecular complexity index is 379. The van der Waals surface area contributed by atoms with Crippen LogP contribution < -0.4 is 5.73 Å². The van der Waals surface area contributed by atoms with Gasteiger partial charge in [-0.25, -0.2) is 4.39 Å². The van der Waals surface area contributed by atoms with Crippen LogP contribution in [0.4, 0.5) is 4.39 Å². The number of hydrogen-bond donors (Lipinski definition) is 1. The van der Waals surface area contributed by atoms with E-state index >= 15 is 0 Å². The number of nitrogens with zero attached hydrogens (tertiary/aromatic N) is 1. The van der Waals surface area contributed by atoms with Gasteiger partial charge in [0.1, 0.15) is 11.9 Å². The molecule has 1 aromatic carbocycles. The Morgan fingerprint density at radius 3 is 2.86 bits per heavy atom. The van der Waals surface area contributed by atoms with Crippen LogP contribution in [-0.2, 0) is 0 Å². The Labute approximate surface area is 82.5 Å². The van der Waals surface area contributed by atoms with E-state index in [0.717, 1.165) is 0 Å². The summed E-state index contributed by atoms with van der Waals surface area (Å²) in [6.07, 6.45) is 2.27. The fourth-order valence-electron chi connectivity index (χ4n) is 1.17. The molecule has 0 aliphatic rings. The minimum absolute atomic E-state index is 0.0413. The second kappa shape index (κ2) is 4.54. The molecule has 72 valence electrons. The smallest absolute Gasteiger partial charge is 0.141 e. The van der Waals surface area contributed by atoms with Gasteiger partial charge in [-0.1, -0.05) is 12.1 Å². The van der Waals surface area contributed by atoms with Crippen molar-refractivity contribution in [2.45, 2.75) is 12.5 Å². The molecule has 0 radical (unpaired) electrons. The van der Waals surface area contributed by atoms with Gasteiger partial charge in [-0.15, -0.1) is 6.58 Å². The van der Waals surface area contributed by atoms with Crippen molar-refractivity contribution in [3.8, 4) is 6.07 Å². The molecule has 2 N–H and O–H groups in total. The van der Waals surface area contributed by atoms with E-state index in [-0.39, 0.29) is 11.6 Å². The van der Waals surface area contributed by atoms with Crippen molar-refractivity contribution in [1.82, 2.24) is 0 Å².